The standard InChI is InChI=1S/C12H17NO/c1-8-5-12-11(10(3)9(8)2)6-13(4)7-14-12/h5H,6-7H2,1-4H3. The van der Waals surface area contributed by atoms with Gasteiger partial charge in [0.15, 0.2) is 0 Å². The Morgan fingerprint density at radius 2 is 1.93 bits per heavy atom. The van der Waals surface area contributed by atoms with Crippen LogP contribution in [0.3, 0.4) is 0 Å². The van der Waals surface area contributed by atoms with Crippen LogP contribution in [0.4, 0.5) is 0 Å². The van der Waals surface area contributed by atoms with Crippen LogP contribution in [-0.4, -0.2) is 18.7 Å². The summed E-state index contributed by atoms with van der Waals surface area (Å²) >= 11 is 0. The minimum atomic E-state index is 0.703. The van der Waals surface area contributed by atoms with Gasteiger partial charge in [0.05, 0.1) is 0 Å². The summed E-state index contributed by atoms with van der Waals surface area (Å²) in [5.41, 5.74) is 5.45. The Bertz CT molecular complexity index is 371. The van der Waals surface area contributed by atoms with Crippen molar-refractivity contribution in [3.05, 3.63) is 28.3 Å². The molecule has 0 bridgehead atoms. The van der Waals surface area contributed by atoms with Crippen LogP contribution in [-0.2, 0) is 6.54 Å². The highest BCUT2D eigenvalue weighted by Gasteiger charge is 2.18. The normalized spacial score (nSPS) is 16.3. The molecule has 0 N–H and O–H groups in total. The largest absolute Gasteiger partial charge is 0.478 e. The first kappa shape index (κ1) is 9.53. The Morgan fingerprint density at radius 3 is 2.64 bits per heavy atom. The van der Waals surface area contributed by atoms with Gasteiger partial charge in [-0.25, -0.2) is 0 Å². The third-order valence-electron chi connectivity index (χ3n) is 3.12. The number of hydrogen-bond acceptors (Lipinski definition) is 2. The van der Waals surface area contributed by atoms with E-state index >= 15 is 0 Å². The number of ether oxygens (including phenoxy) is 1. The summed E-state index contributed by atoms with van der Waals surface area (Å²) in [6.07, 6.45) is 0. The van der Waals surface area contributed by atoms with Gasteiger partial charge in [0.2, 0.25) is 0 Å². The molecule has 2 nitrogen and oxygen atoms in total. The maximum absolute atomic E-state index is 5.68. The smallest absolute Gasteiger partial charge is 0.142 e. The zero-order chi connectivity index (χ0) is 10.3. The highest BCUT2D eigenvalue weighted by Crippen LogP contribution is 2.31. The molecule has 0 radical (unpaired) electrons. The third-order valence-corrected chi connectivity index (χ3v) is 3.12. The fourth-order valence-electron chi connectivity index (χ4n) is 1.92. The number of fused-ring (bicyclic) bond motifs is 1. The van der Waals surface area contributed by atoms with Gasteiger partial charge < -0.3 is 4.74 Å². The minimum absolute atomic E-state index is 0.703. The van der Waals surface area contributed by atoms with Crippen LogP contribution in [0.2, 0.25) is 0 Å². The van der Waals surface area contributed by atoms with Crippen molar-refractivity contribution in [2.75, 3.05) is 13.8 Å². The molecule has 0 atom stereocenters. The van der Waals surface area contributed by atoms with Gasteiger partial charge >= 0.3 is 0 Å². The van der Waals surface area contributed by atoms with Crippen molar-refractivity contribution in [2.45, 2.75) is 27.3 Å². The van der Waals surface area contributed by atoms with Crippen molar-refractivity contribution >= 4 is 0 Å². The number of nitrogens with zero attached hydrogens (tertiary/aromatic N) is 1. The first-order chi connectivity index (χ1) is 6.59. The Hall–Kier alpha value is -1.02. The molecule has 0 fully saturated rings. The molecule has 0 aliphatic carbocycles. The summed E-state index contributed by atoms with van der Waals surface area (Å²) in [5, 5.41) is 0. The third kappa shape index (κ3) is 1.40. The van der Waals surface area contributed by atoms with Crippen molar-refractivity contribution in [3.8, 4) is 5.75 Å². The molecule has 1 heterocycles. The molecule has 14 heavy (non-hydrogen) atoms. The maximum Gasteiger partial charge on any atom is 0.142 e. The Kier molecular flexibility index (Phi) is 2.23. The van der Waals surface area contributed by atoms with E-state index in [1.807, 2.05) is 0 Å². The van der Waals surface area contributed by atoms with E-state index in [9.17, 15) is 0 Å². The molecule has 0 amide bonds. The summed E-state index contributed by atoms with van der Waals surface area (Å²) in [5.74, 6) is 1.07. The Morgan fingerprint density at radius 1 is 1.21 bits per heavy atom. The predicted molar refractivity (Wildman–Crippen MR) is 57.6 cm³/mol. The van der Waals surface area contributed by atoms with Crippen LogP contribution in [0.1, 0.15) is 22.3 Å². The molecule has 0 spiro atoms. The SMILES string of the molecule is Cc1cc2c(c(C)c1C)CN(C)CO2. The van der Waals surface area contributed by atoms with Crippen LogP contribution in [0, 0.1) is 20.8 Å². The Balaban J connectivity index is 2.55. The fourth-order valence-corrected chi connectivity index (χ4v) is 1.92. The molecule has 1 aromatic carbocycles. The number of aryl methyl sites for hydroxylation is 1. The van der Waals surface area contributed by atoms with E-state index in [0.29, 0.717) is 6.73 Å². The zero-order valence-electron chi connectivity index (χ0n) is 9.35. The number of hydrogen-bond donors (Lipinski definition) is 0. The van der Waals surface area contributed by atoms with Gasteiger partial charge in [-0.05, 0) is 50.6 Å². The van der Waals surface area contributed by atoms with Crippen molar-refractivity contribution in [2.24, 2.45) is 0 Å². The number of rotatable bonds is 0. The lowest BCUT2D eigenvalue weighted by Gasteiger charge is -2.28. The summed E-state index contributed by atoms with van der Waals surface area (Å²) in [6, 6.07) is 2.16. The molecule has 2 rings (SSSR count). The van der Waals surface area contributed by atoms with Crippen LogP contribution >= 0.6 is 0 Å². The summed E-state index contributed by atoms with van der Waals surface area (Å²) < 4.78 is 5.68. The van der Waals surface area contributed by atoms with Crippen molar-refractivity contribution in [1.29, 1.82) is 0 Å². The predicted octanol–water partition coefficient (Wildman–Crippen LogP) is 2.39. The van der Waals surface area contributed by atoms with Gasteiger partial charge in [-0.2, -0.15) is 0 Å². The van der Waals surface area contributed by atoms with Gasteiger partial charge in [-0.1, -0.05) is 0 Å². The second-order valence-corrected chi connectivity index (χ2v) is 4.21. The van der Waals surface area contributed by atoms with Crippen LogP contribution < -0.4 is 4.74 Å². The van der Waals surface area contributed by atoms with Crippen LogP contribution in [0.5, 0.6) is 5.75 Å². The van der Waals surface area contributed by atoms with Gasteiger partial charge in [0.25, 0.3) is 0 Å². The Labute approximate surface area is 85.5 Å². The molecule has 0 saturated carbocycles. The van der Waals surface area contributed by atoms with Gasteiger partial charge in [0, 0.05) is 12.1 Å². The topological polar surface area (TPSA) is 12.5 Å². The van der Waals surface area contributed by atoms with Crippen LogP contribution in [0.15, 0.2) is 6.07 Å². The molecule has 2 heteroatoms. The molecule has 1 aliphatic heterocycles. The fraction of sp³-hybridized carbons (Fsp3) is 0.500. The van der Waals surface area contributed by atoms with E-state index in [1.165, 1.54) is 22.3 Å². The van der Waals surface area contributed by atoms with Gasteiger partial charge in [-0.15, -0.1) is 0 Å². The molecule has 1 aromatic rings. The van der Waals surface area contributed by atoms with E-state index in [2.05, 4.69) is 38.8 Å². The molecule has 0 unspecified atom stereocenters. The van der Waals surface area contributed by atoms with E-state index in [-0.39, 0.29) is 0 Å². The lowest BCUT2D eigenvalue weighted by Crippen LogP contribution is -2.29. The first-order valence-corrected chi connectivity index (χ1v) is 5.00. The van der Waals surface area contributed by atoms with Crippen molar-refractivity contribution < 1.29 is 4.74 Å². The second-order valence-electron chi connectivity index (χ2n) is 4.21. The van der Waals surface area contributed by atoms with E-state index < -0.39 is 0 Å². The quantitative estimate of drug-likeness (QED) is 0.624. The van der Waals surface area contributed by atoms with Crippen molar-refractivity contribution in [3.63, 3.8) is 0 Å². The average Bonchev–Trinajstić information content (AvgIpc) is 2.16. The first-order valence-electron chi connectivity index (χ1n) is 5.00. The van der Waals surface area contributed by atoms with E-state index in [1.54, 1.807) is 0 Å². The molecule has 0 saturated heterocycles. The van der Waals surface area contributed by atoms with Crippen molar-refractivity contribution in [1.82, 2.24) is 4.90 Å². The molecule has 0 aromatic heterocycles. The highest BCUT2D eigenvalue weighted by atomic mass is 16.5. The lowest BCUT2D eigenvalue weighted by atomic mass is 9.97. The van der Waals surface area contributed by atoms with Crippen LogP contribution in [0.25, 0.3) is 0 Å². The number of benzene rings is 1. The molecular weight excluding hydrogens is 174 g/mol. The van der Waals surface area contributed by atoms with Gasteiger partial charge in [0.1, 0.15) is 12.5 Å². The van der Waals surface area contributed by atoms with E-state index in [0.717, 1.165) is 12.3 Å². The molecular formula is C12H17NO. The second kappa shape index (κ2) is 3.28. The average molecular weight is 191 g/mol. The molecule has 1 aliphatic rings. The summed E-state index contributed by atoms with van der Waals surface area (Å²) in [7, 11) is 2.08. The minimum Gasteiger partial charge on any atom is -0.478 e. The molecule has 76 valence electrons. The monoisotopic (exact) mass is 191 g/mol. The lowest BCUT2D eigenvalue weighted by molar-refractivity contribution is 0.121. The highest BCUT2D eigenvalue weighted by molar-refractivity contribution is 5.48. The van der Waals surface area contributed by atoms with E-state index in [4.69, 9.17) is 4.74 Å². The maximum atomic E-state index is 5.68. The zero-order valence-corrected chi connectivity index (χ0v) is 9.35. The van der Waals surface area contributed by atoms with Gasteiger partial charge in [-0.3, -0.25) is 4.90 Å². The summed E-state index contributed by atoms with van der Waals surface area (Å²) in [4.78, 5) is 2.18. The summed E-state index contributed by atoms with van der Waals surface area (Å²) in [6.45, 7) is 8.21.